The SMILES string of the molecule is CCCC1CCC(/C=C/CCc2ccc(-c3ccc(-c4ccc(OC)c(F)c4F)cc3)cc2F)CC1. The van der Waals surface area contributed by atoms with Crippen molar-refractivity contribution in [2.75, 3.05) is 7.11 Å². The van der Waals surface area contributed by atoms with E-state index < -0.39 is 11.6 Å². The van der Waals surface area contributed by atoms with Crippen LogP contribution in [0.15, 0.2) is 66.7 Å². The molecular formula is C32H35F3O. The minimum atomic E-state index is -1.01. The average molecular weight is 493 g/mol. The third-order valence-corrected chi connectivity index (χ3v) is 7.43. The predicted octanol–water partition coefficient (Wildman–Crippen LogP) is 9.54. The molecule has 4 heteroatoms. The first kappa shape index (κ1) is 26.1. The number of allylic oxidation sites excluding steroid dienone is 2. The van der Waals surface area contributed by atoms with Crippen LogP contribution in [0.5, 0.6) is 5.75 Å². The van der Waals surface area contributed by atoms with Gasteiger partial charge in [-0.15, -0.1) is 0 Å². The number of rotatable bonds is 9. The molecule has 0 saturated heterocycles. The lowest BCUT2D eigenvalue weighted by Gasteiger charge is -2.26. The van der Waals surface area contributed by atoms with Gasteiger partial charge in [0, 0.05) is 5.56 Å². The standard InChI is InChI=1S/C32H35F3O/c1-3-6-22-9-11-23(12-10-22)7-4-5-8-26-17-18-27(21-29(26)33)24-13-15-25(16-14-24)28-19-20-30(36-2)32(35)31(28)34/h4,7,13-23H,3,5-6,8-12H2,1-2H3/b7-4+. The summed E-state index contributed by atoms with van der Waals surface area (Å²) in [5.41, 5.74) is 2.98. The lowest BCUT2D eigenvalue weighted by molar-refractivity contribution is 0.294. The van der Waals surface area contributed by atoms with Gasteiger partial charge in [0.15, 0.2) is 11.6 Å². The van der Waals surface area contributed by atoms with Gasteiger partial charge in [-0.05, 0) is 90.8 Å². The van der Waals surface area contributed by atoms with E-state index in [9.17, 15) is 13.2 Å². The second-order valence-corrected chi connectivity index (χ2v) is 9.86. The Bertz CT molecular complexity index is 1170. The Morgan fingerprint density at radius 1 is 0.833 bits per heavy atom. The van der Waals surface area contributed by atoms with Gasteiger partial charge in [0.25, 0.3) is 0 Å². The van der Waals surface area contributed by atoms with Crippen LogP contribution in [0.3, 0.4) is 0 Å². The van der Waals surface area contributed by atoms with Crippen molar-refractivity contribution < 1.29 is 17.9 Å². The van der Waals surface area contributed by atoms with Gasteiger partial charge < -0.3 is 4.74 Å². The molecule has 36 heavy (non-hydrogen) atoms. The molecule has 0 unspecified atom stereocenters. The average Bonchev–Trinajstić information content (AvgIpc) is 2.90. The van der Waals surface area contributed by atoms with Crippen molar-refractivity contribution in [1.82, 2.24) is 0 Å². The zero-order valence-corrected chi connectivity index (χ0v) is 21.2. The molecule has 0 heterocycles. The summed E-state index contributed by atoms with van der Waals surface area (Å²) in [6.07, 6.45) is 14.0. The smallest absolute Gasteiger partial charge is 0.201 e. The topological polar surface area (TPSA) is 9.23 Å². The molecule has 0 aliphatic heterocycles. The maximum absolute atomic E-state index is 14.8. The molecule has 1 saturated carbocycles. The molecule has 1 aliphatic rings. The van der Waals surface area contributed by atoms with Crippen LogP contribution in [0, 0.1) is 29.3 Å². The van der Waals surface area contributed by atoms with Gasteiger partial charge in [-0.3, -0.25) is 0 Å². The van der Waals surface area contributed by atoms with E-state index in [-0.39, 0.29) is 17.1 Å². The summed E-state index contributed by atoms with van der Waals surface area (Å²) >= 11 is 0. The number of ether oxygens (including phenoxy) is 1. The van der Waals surface area contributed by atoms with Crippen LogP contribution in [0.4, 0.5) is 13.2 Å². The molecule has 4 rings (SSSR count). The van der Waals surface area contributed by atoms with Gasteiger partial charge in [0.2, 0.25) is 5.82 Å². The Morgan fingerprint density at radius 2 is 1.53 bits per heavy atom. The van der Waals surface area contributed by atoms with E-state index in [1.807, 2.05) is 12.1 Å². The second-order valence-electron chi connectivity index (χ2n) is 9.86. The van der Waals surface area contributed by atoms with Crippen LogP contribution in [-0.2, 0) is 6.42 Å². The largest absolute Gasteiger partial charge is 0.494 e. The van der Waals surface area contributed by atoms with Gasteiger partial charge in [-0.25, -0.2) is 8.78 Å². The Kier molecular flexibility index (Phi) is 8.90. The highest BCUT2D eigenvalue weighted by Crippen LogP contribution is 2.33. The summed E-state index contributed by atoms with van der Waals surface area (Å²) in [5.74, 6) is -0.713. The minimum absolute atomic E-state index is 0.131. The molecule has 0 radical (unpaired) electrons. The predicted molar refractivity (Wildman–Crippen MR) is 142 cm³/mol. The summed E-state index contributed by atoms with van der Waals surface area (Å²) in [7, 11) is 1.30. The zero-order valence-electron chi connectivity index (χ0n) is 21.2. The Labute approximate surface area is 213 Å². The molecule has 0 N–H and O–H groups in total. The molecule has 1 fully saturated rings. The van der Waals surface area contributed by atoms with Crippen molar-refractivity contribution in [2.45, 2.75) is 58.3 Å². The second kappa shape index (κ2) is 12.3. The summed E-state index contributed by atoms with van der Waals surface area (Å²) < 4.78 is 48.1. The maximum atomic E-state index is 14.8. The summed E-state index contributed by atoms with van der Waals surface area (Å²) in [6.45, 7) is 2.27. The fraction of sp³-hybridized carbons (Fsp3) is 0.375. The molecule has 0 bridgehead atoms. The highest BCUT2D eigenvalue weighted by Gasteiger charge is 2.18. The van der Waals surface area contributed by atoms with Gasteiger partial charge in [0.1, 0.15) is 5.82 Å². The fourth-order valence-electron chi connectivity index (χ4n) is 5.29. The van der Waals surface area contributed by atoms with E-state index in [1.165, 1.54) is 57.8 Å². The molecule has 0 amide bonds. The third-order valence-electron chi connectivity index (χ3n) is 7.43. The molecule has 190 valence electrons. The van der Waals surface area contributed by atoms with Crippen LogP contribution in [-0.4, -0.2) is 7.11 Å². The van der Waals surface area contributed by atoms with Gasteiger partial charge >= 0.3 is 0 Å². The van der Waals surface area contributed by atoms with Gasteiger partial charge in [-0.1, -0.05) is 68.3 Å². The summed E-state index contributed by atoms with van der Waals surface area (Å²) in [4.78, 5) is 0. The van der Waals surface area contributed by atoms with Crippen LogP contribution in [0.1, 0.15) is 57.4 Å². The van der Waals surface area contributed by atoms with Crippen LogP contribution in [0.2, 0.25) is 0 Å². The highest BCUT2D eigenvalue weighted by atomic mass is 19.2. The number of methoxy groups -OCH3 is 1. The first-order valence-electron chi connectivity index (χ1n) is 13.1. The molecule has 3 aromatic rings. The van der Waals surface area contributed by atoms with Crippen molar-refractivity contribution in [3.05, 3.63) is 89.8 Å². The molecule has 0 atom stereocenters. The van der Waals surface area contributed by atoms with Crippen LogP contribution in [0.25, 0.3) is 22.3 Å². The minimum Gasteiger partial charge on any atom is -0.494 e. The summed E-state index contributed by atoms with van der Waals surface area (Å²) in [5, 5.41) is 0. The first-order valence-corrected chi connectivity index (χ1v) is 13.1. The van der Waals surface area contributed by atoms with E-state index in [1.54, 1.807) is 30.3 Å². The van der Waals surface area contributed by atoms with Crippen molar-refractivity contribution >= 4 is 0 Å². The number of aryl methyl sites for hydroxylation is 1. The van der Waals surface area contributed by atoms with Crippen molar-refractivity contribution in [3.63, 3.8) is 0 Å². The monoisotopic (exact) mass is 492 g/mol. The van der Waals surface area contributed by atoms with Crippen molar-refractivity contribution in [3.8, 4) is 28.0 Å². The van der Waals surface area contributed by atoms with E-state index in [4.69, 9.17) is 4.74 Å². The Hall–Kier alpha value is -3.01. The van der Waals surface area contributed by atoms with Gasteiger partial charge in [-0.2, -0.15) is 4.39 Å². The Morgan fingerprint density at radius 3 is 2.19 bits per heavy atom. The van der Waals surface area contributed by atoms with E-state index >= 15 is 0 Å². The number of hydrogen-bond donors (Lipinski definition) is 0. The van der Waals surface area contributed by atoms with Crippen molar-refractivity contribution in [2.24, 2.45) is 11.8 Å². The fourth-order valence-corrected chi connectivity index (χ4v) is 5.29. The lowest BCUT2D eigenvalue weighted by atomic mass is 9.80. The normalized spacial score (nSPS) is 18.0. The number of benzene rings is 3. The van der Waals surface area contributed by atoms with Crippen molar-refractivity contribution in [1.29, 1.82) is 0 Å². The number of halogens is 3. The molecule has 3 aromatic carbocycles. The number of hydrogen-bond acceptors (Lipinski definition) is 1. The Balaban J connectivity index is 1.35. The molecule has 0 spiro atoms. The third kappa shape index (κ3) is 6.21. The maximum Gasteiger partial charge on any atom is 0.201 e. The molecular weight excluding hydrogens is 457 g/mol. The zero-order chi connectivity index (χ0) is 25.5. The molecule has 1 nitrogen and oxygen atoms in total. The molecule has 1 aliphatic carbocycles. The van der Waals surface area contributed by atoms with E-state index in [0.29, 0.717) is 23.5 Å². The first-order chi connectivity index (χ1) is 17.5. The highest BCUT2D eigenvalue weighted by molar-refractivity contribution is 5.71. The van der Waals surface area contributed by atoms with Gasteiger partial charge in [0.05, 0.1) is 7.11 Å². The van der Waals surface area contributed by atoms with E-state index in [0.717, 1.165) is 23.5 Å². The molecule has 0 aromatic heterocycles. The van der Waals surface area contributed by atoms with E-state index in [2.05, 4.69) is 19.1 Å². The lowest BCUT2D eigenvalue weighted by Crippen LogP contribution is -2.12. The summed E-state index contributed by atoms with van der Waals surface area (Å²) in [6, 6.07) is 15.2. The van der Waals surface area contributed by atoms with Crippen LogP contribution >= 0.6 is 0 Å². The quantitative estimate of drug-likeness (QED) is 0.270. The van der Waals surface area contributed by atoms with Crippen LogP contribution < -0.4 is 4.74 Å².